The maximum absolute atomic E-state index is 12.7. The minimum absolute atomic E-state index is 0.196. The maximum Gasteiger partial charge on any atom is 0.290 e. The molecule has 1 atom stereocenters. The number of ketones is 1. The lowest BCUT2D eigenvalue weighted by atomic mass is 9.96. The van der Waals surface area contributed by atoms with Gasteiger partial charge in [-0.25, -0.2) is 0 Å². The van der Waals surface area contributed by atoms with E-state index >= 15 is 0 Å². The van der Waals surface area contributed by atoms with Gasteiger partial charge in [0.2, 0.25) is 0 Å². The number of morpholine rings is 1. The van der Waals surface area contributed by atoms with Gasteiger partial charge >= 0.3 is 0 Å². The highest BCUT2D eigenvalue weighted by atomic mass is 16.5. The minimum Gasteiger partial charge on any atom is -0.503 e. The average molecular weight is 388 g/mol. The summed E-state index contributed by atoms with van der Waals surface area (Å²) in [6, 6.07) is 7.25. The Bertz CT molecular complexity index is 751. The maximum atomic E-state index is 12.7. The summed E-state index contributed by atoms with van der Waals surface area (Å²) in [4.78, 5) is 30.0. The predicted molar refractivity (Wildman–Crippen MR) is 107 cm³/mol. The van der Waals surface area contributed by atoms with Crippen LogP contribution < -0.4 is 9.80 Å². The molecular formula is C21H30N3O4+. The van der Waals surface area contributed by atoms with Gasteiger partial charge in [0.25, 0.3) is 5.91 Å². The third-order valence-electron chi connectivity index (χ3n) is 5.54. The fraction of sp³-hybridized carbons (Fsp3) is 0.524. The molecule has 152 valence electrons. The Labute approximate surface area is 166 Å². The van der Waals surface area contributed by atoms with Crippen LogP contribution in [0.3, 0.4) is 0 Å². The topological polar surface area (TPSA) is 74.5 Å². The molecule has 2 aliphatic rings. The van der Waals surface area contributed by atoms with Crippen LogP contribution in [0.5, 0.6) is 0 Å². The Balaban J connectivity index is 1.78. The van der Waals surface area contributed by atoms with Crippen LogP contribution in [0, 0.1) is 0 Å². The van der Waals surface area contributed by atoms with E-state index in [9.17, 15) is 14.7 Å². The number of aliphatic hydroxyl groups is 1. The highest BCUT2D eigenvalue weighted by molar-refractivity contribution is 6.08. The summed E-state index contributed by atoms with van der Waals surface area (Å²) in [6.45, 7) is 6.35. The zero-order valence-electron chi connectivity index (χ0n) is 16.9. The highest BCUT2D eigenvalue weighted by Gasteiger charge is 2.42. The quantitative estimate of drug-likeness (QED) is 0.705. The van der Waals surface area contributed by atoms with Crippen LogP contribution in [0.2, 0.25) is 0 Å². The number of carbonyl (C=O) groups excluding carboxylic acids is 2. The molecule has 2 heterocycles. The normalized spacial score (nSPS) is 20.8. The summed E-state index contributed by atoms with van der Waals surface area (Å²) in [6.07, 6.45) is 0.811. The van der Waals surface area contributed by atoms with Crippen molar-refractivity contribution in [2.45, 2.75) is 19.4 Å². The van der Waals surface area contributed by atoms with Crippen LogP contribution in [0.25, 0.3) is 0 Å². The van der Waals surface area contributed by atoms with Gasteiger partial charge < -0.3 is 24.5 Å². The second-order valence-electron chi connectivity index (χ2n) is 7.67. The number of rotatable bonds is 7. The van der Waals surface area contributed by atoms with E-state index in [4.69, 9.17) is 4.74 Å². The minimum atomic E-state index is -0.527. The first-order chi connectivity index (χ1) is 13.4. The third kappa shape index (κ3) is 4.20. The van der Waals surface area contributed by atoms with Gasteiger partial charge in [-0.3, -0.25) is 9.59 Å². The van der Waals surface area contributed by atoms with Gasteiger partial charge in [-0.2, -0.15) is 0 Å². The monoisotopic (exact) mass is 388 g/mol. The summed E-state index contributed by atoms with van der Waals surface area (Å²) in [5, 5.41) is 10.4. The second-order valence-corrected chi connectivity index (χ2v) is 7.67. The van der Waals surface area contributed by atoms with Crippen molar-refractivity contribution >= 4 is 17.4 Å². The molecule has 0 spiro atoms. The number of Topliss-reactive ketones (excluding diaryl/α,β-unsaturated/α-hetero) is 1. The lowest BCUT2D eigenvalue weighted by molar-refractivity contribution is -0.908. The molecule has 28 heavy (non-hydrogen) atoms. The summed E-state index contributed by atoms with van der Waals surface area (Å²) in [5.74, 6) is -1.13. The number of nitrogens with one attached hydrogen (secondary N) is 1. The van der Waals surface area contributed by atoms with Gasteiger partial charge in [-0.05, 0) is 24.6 Å². The van der Waals surface area contributed by atoms with Gasteiger partial charge in [0, 0.05) is 32.7 Å². The number of anilines is 1. The number of carbonyl (C=O) groups is 2. The first kappa shape index (κ1) is 20.4. The molecule has 1 amide bonds. The van der Waals surface area contributed by atoms with Crippen LogP contribution in [-0.4, -0.2) is 75.2 Å². The summed E-state index contributed by atoms with van der Waals surface area (Å²) < 4.78 is 5.39. The van der Waals surface area contributed by atoms with Crippen molar-refractivity contribution in [2.24, 2.45) is 0 Å². The van der Waals surface area contributed by atoms with E-state index in [2.05, 4.69) is 0 Å². The molecular weight excluding hydrogens is 358 g/mol. The zero-order valence-corrected chi connectivity index (χ0v) is 16.9. The number of hydrogen-bond acceptors (Lipinski definition) is 5. The number of amides is 1. The van der Waals surface area contributed by atoms with Crippen molar-refractivity contribution in [1.29, 1.82) is 0 Å². The number of benzene rings is 1. The molecule has 1 aromatic rings. The van der Waals surface area contributed by atoms with Crippen LogP contribution >= 0.6 is 0 Å². The Morgan fingerprint density at radius 1 is 1.25 bits per heavy atom. The van der Waals surface area contributed by atoms with Crippen molar-refractivity contribution in [2.75, 3.05) is 58.4 Å². The van der Waals surface area contributed by atoms with E-state index in [1.54, 1.807) is 4.90 Å². The van der Waals surface area contributed by atoms with Crippen LogP contribution in [-0.2, 0) is 14.3 Å². The molecule has 1 aromatic carbocycles. The third-order valence-corrected chi connectivity index (χ3v) is 5.54. The largest absolute Gasteiger partial charge is 0.503 e. The van der Waals surface area contributed by atoms with Gasteiger partial charge in [0.1, 0.15) is 13.1 Å². The first-order valence-electron chi connectivity index (χ1n) is 9.83. The number of aliphatic hydroxyl groups excluding tert-OH is 1. The van der Waals surface area contributed by atoms with E-state index < -0.39 is 17.7 Å². The average Bonchev–Trinajstić information content (AvgIpc) is 2.94. The molecule has 0 aliphatic carbocycles. The summed E-state index contributed by atoms with van der Waals surface area (Å²) in [7, 11) is 3.92. The van der Waals surface area contributed by atoms with Gasteiger partial charge in [-0.1, -0.05) is 12.1 Å². The van der Waals surface area contributed by atoms with Crippen molar-refractivity contribution in [3.63, 3.8) is 0 Å². The molecule has 2 aliphatic heterocycles. The van der Waals surface area contributed by atoms with Crippen molar-refractivity contribution in [3.05, 3.63) is 41.2 Å². The van der Waals surface area contributed by atoms with Crippen LogP contribution in [0.4, 0.5) is 5.69 Å². The molecule has 0 unspecified atom stereocenters. The second kappa shape index (κ2) is 8.75. The standard InChI is InChI=1S/C21H29N3O4/c1-15(25)18-19(16-5-7-17(8-6-16)22(2)3)24(21(27)20(18)26)10-4-9-23-11-13-28-14-12-23/h5-8,19,26H,4,9-14H2,1-3H3/p+1/t19-/m0/s1. The SMILES string of the molecule is CC(=O)C1=C(O)C(=O)N(CCC[NH+]2CCOCC2)[C@H]1c1ccc(N(C)C)cc1. The Hall–Kier alpha value is -2.38. The molecule has 3 rings (SSSR count). The Morgan fingerprint density at radius 3 is 2.46 bits per heavy atom. The molecule has 7 nitrogen and oxygen atoms in total. The Kier molecular flexibility index (Phi) is 6.36. The predicted octanol–water partition coefficient (Wildman–Crippen LogP) is 0.342. The van der Waals surface area contributed by atoms with E-state index in [1.807, 2.05) is 43.3 Å². The van der Waals surface area contributed by atoms with Gasteiger partial charge in [0.05, 0.1) is 31.4 Å². The fourth-order valence-corrected chi connectivity index (χ4v) is 3.95. The van der Waals surface area contributed by atoms with Gasteiger partial charge in [-0.15, -0.1) is 0 Å². The molecule has 7 heteroatoms. The molecule has 0 aromatic heterocycles. The summed E-state index contributed by atoms with van der Waals surface area (Å²) in [5.41, 5.74) is 2.07. The van der Waals surface area contributed by atoms with E-state index in [0.29, 0.717) is 6.54 Å². The number of hydrogen-bond donors (Lipinski definition) is 2. The van der Waals surface area contributed by atoms with Crippen molar-refractivity contribution in [1.82, 2.24) is 4.90 Å². The first-order valence-corrected chi connectivity index (χ1v) is 9.83. The van der Waals surface area contributed by atoms with E-state index in [0.717, 1.165) is 50.5 Å². The Morgan fingerprint density at radius 2 is 1.89 bits per heavy atom. The number of quaternary nitrogens is 1. The lowest BCUT2D eigenvalue weighted by Gasteiger charge is -2.28. The molecule has 1 saturated heterocycles. The lowest BCUT2D eigenvalue weighted by Crippen LogP contribution is -3.14. The zero-order chi connectivity index (χ0) is 20.3. The molecule has 0 radical (unpaired) electrons. The smallest absolute Gasteiger partial charge is 0.290 e. The van der Waals surface area contributed by atoms with Crippen LogP contribution in [0.15, 0.2) is 35.6 Å². The van der Waals surface area contributed by atoms with E-state index in [-0.39, 0.29) is 11.4 Å². The van der Waals surface area contributed by atoms with Crippen LogP contribution in [0.1, 0.15) is 24.9 Å². The molecule has 0 saturated carbocycles. The number of nitrogens with zero attached hydrogens (tertiary/aromatic N) is 2. The molecule has 0 bridgehead atoms. The van der Waals surface area contributed by atoms with E-state index in [1.165, 1.54) is 11.8 Å². The number of ether oxygens (including phenoxy) is 1. The summed E-state index contributed by atoms with van der Waals surface area (Å²) >= 11 is 0. The van der Waals surface area contributed by atoms with Crippen molar-refractivity contribution in [3.8, 4) is 0 Å². The highest BCUT2D eigenvalue weighted by Crippen LogP contribution is 2.38. The van der Waals surface area contributed by atoms with Gasteiger partial charge in [0.15, 0.2) is 11.5 Å². The fourth-order valence-electron chi connectivity index (χ4n) is 3.95. The molecule has 2 N–H and O–H groups in total. The molecule has 1 fully saturated rings. The van der Waals surface area contributed by atoms with Crippen molar-refractivity contribution < 1.29 is 24.3 Å².